The van der Waals surface area contributed by atoms with Crippen molar-refractivity contribution in [1.29, 1.82) is 0 Å². The topological polar surface area (TPSA) is 92.8 Å². The van der Waals surface area contributed by atoms with Crippen LogP contribution in [0.1, 0.15) is 29.9 Å². The molecule has 2 N–H and O–H groups in total. The van der Waals surface area contributed by atoms with E-state index in [0.717, 1.165) is 11.1 Å². The predicted octanol–water partition coefficient (Wildman–Crippen LogP) is 1.07. The van der Waals surface area contributed by atoms with Crippen LogP contribution in [0.2, 0.25) is 0 Å². The van der Waals surface area contributed by atoms with Crippen LogP contribution in [0.5, 0.6) is 5.75 Å². The maximum absolute atomic E-state index is 11.8. The molecular formula is C13H17N5O2. The minimum absolute atomic E-state index is 0.0495. The van der Waals surface area contributed by atoms with E-state index in [9.17, 15) is 4.79 Å². The fraction of sp³-hybridized carbons (Fsp3) is 0.385. The summed E-state index contributed by atoms with van der Waals surface area (Å²) in [6.07, 6.45) is 0. The zero-order valence-corrected chi connectivity index (χ0v) is 11.7. The molecule has 1 aromatic heterocycles. The average molecular weight is 275 g/mol. The third kappa shape index (κ3) is 3.53. The molecule has 0 saturated heterocycles. The number of nitrogens with zero attached hydrogens (tertiary/aromatic N) is 3. The zero-order chi connectivity index (χ0) is 14.5. The van der Waals surface area contributed by atoms with Gasteiger partial charge in [0.2, 0.25) is 0 Å². The second-order valence-electron chi connectivity index (χ2n) is 4.62. The zero-order valence-electron chi connectivity index (χ0n) is 11.7. The molecule has 0 aliphatic heterocycles. The van der Waals surface area contributed by atoms with Gasteiger partial charge in [0.05, 0.1) is 6.04 Å². The first-order valence-electron chi connectivity index (χ1n) is 6.29. The number of carbonyl (C=O) groups excluding carboxylic acids is 1. The van der Waals surface area contributed by atoms with Crippen LogP contribution >= 0.6 is 0 Å². The summed E-state index contributed by atoms with van der Waals surface area (Å²) in [5.74, 6) is 0.908. The van der Waals surface area contributed by atoms with Gasteiger partial charge in [-0.05, 0) is 32.4 Å². The molecule has 0 bridgehead atoms. The first-order valence-corrected chi connectivity index (χ1v) is 6.29. The van der Waals surface area contributed by atoms with Gasteiger partial charge in [0.25, 0.3) is 5.91 Å². The maximum Gasteiger partial charge on any atom is 0.258 e. The Hall–Kier alpha value is -2.44. The molecular weight excluding hydrogens is 258 g/mol. The largest absolute Gasteiger partial charge is 0.484 e. The maximum atomic E-state index is 11.8. The number of tetrazole rings is 1. The summed E-state index contributed by atoms with van der Waals surface area (Å²) in [4.78, 5) is 11.8. The first-order chi connectivity index (χ1) is 9.56. The fourth-order valence-corrected chi connectivity index (χ4v) is 1.81. The predicted molar refractivity (Wildman–Crippen MR) is 72.1 cm³/mol. The van der Waals surface area contributed by atoms with Crippen LogP contribution in [0.15, 0.2) is 18.2 Å². The normalized spacial score (nSPS) is 11.9. The van der Waals surface area contributed by atoms with Crippen LogP contribution in [0.4, 0.5) is 0 Å². The number of aryl methyl sites for hydroxylation is 2. The van der Waals surface area contributed by atoms with E-state index in [-0.39, 0.29) is 18.6 Å². The molecule has 1 aromatic carbocycles. The van der Waals surface area contributed by atoms with Gasteiger partial charge >= 0.3 is 0 Å². The number of nitrogens with one attached hydrogen (secondary N) is 2. The Bertz CT molecular complexity index is 582. The van der Waals surface area contributed by atoms with Crippen molar-refractivity contribution in [2.75, 3.05) is 6.61 Å². The molecule has 0 radical (unpaired) electrons. The summed E-state index contributed by atoms with van der Waals surface area (Å²) in [5, 5.41) is 16.1. The fourth-order valence-electron chi connectivity index (χ4n) is 1.81. The summed E-state index contributed by atoms with van der Waals surface area (Å²) < 4.78 is 5.50. The summed E-state index contributed by atoms with van der Waals surface area (Å²) in [7, 11) is 0. The Morgan fingerprint density at radius 3 is 2.90 bits per heavy atom. The number of hydrogen-bond acceptors (Lipinski definition) is 5. The van der Waals surface area contributed by atoms with Gasteiger partial charge in [0.15, 0.2) is 12.4 Å². The second-order valence-corrected chi connectivity index (χ2v) is 4.62. The van der Waals surface area contributed by atoms with Crippen LogP contribution in [0, 0.1) is 13.8 Å². The van der Waals surface area contributed by atoms with Crippen LogP contribution in [0.25, 0.3) is 0 Å². The Labute approximate surface area is 116 Å². The average Bonchev–Trinajstić information content (AvgIpc) is 2.91. The summed E-state index contributed by atoms with van der Waals surface area (Å²) in [6, 6.07) is 5.50. The molecule has 2 rings (SSSR count). The molecule has 0 spiro atoms. The van der Waals surface area contributed by atoms with Crippen molar-refractivity contribution >= 4 is 5.91 Å². The van der Waals surface area contributed by atoms with Crippen LogP contribution in [-0.2, 0) is 4.79 Å². The molecule has 0 aliphatic carbocycles. The van der Waals surface area contributed by atoms with Crippen molar-refractivity contribution in [2.24, 2.45) is 0 Å². The summed E-state index contributed by atoms with van der Waals surface area (Å²) in [6.45, 7) is 5.68. The Balaban J connectivity index is 1.86. The lowest BCUT2D eigenvalue weighted by Crippen LogP contribution is -2.31. The van der Waals surface area contributed by atoms with Gasteiger partial charge in [-0.3, -0.25) is 4.79 Å². The van der Waals surface area contributed by atoms with Crippen LogP contribution in [-0.4, -0.2) is 33.1 Å². The van der Waals surface area contributed by atoms with E-state index >= 15 is 0 Å². The molecule has 7 nitrogen and oxygen atoms in total. The summed E-state index contributed by atoms with van der Waals surface area (Å²) in [5.41, 5.74) is 2.16. The monoisotopic (exact) mass is 275 g/mol. The molecule has 1 atom stereocenters. The molecule has 20 heavy (non-hydrogen) atoms. The molecule has 0 aliphatic rings. The molecule has 0 fully saturated rings. The van der Waals surface area contributed by atoms with Crippen molar-refractivity contribution in [3.05, 3.63) is 35.2 Å². The lowest BCUT2D eigenvalue weighted by Gasteiger charge is -2.12. The number of carbonyl (C=O) groups is 1. The molecule has 2 aromatic rings. The van der Waals surface area contributed by atoms with E-state index in [1.54, 1.807) is 6.92 Å². The Kier molecular flexibility index (Phi) is 4.29. The van der Waals surface area contributed by atoms with Crippen LogP contribution in [0.3, 0.4) is 0 Å². The third-order valence-electron chi connectivity index (χ3n) is 2.82. The van der Waals surface area contributed by atoms with Gasteiger partial charge in [0.1, 0.15) is 5.75 Å². The lowest BCUT2D eigenvalue weighted by molar-refractivity contribution is -0.123. The highest BCUT2D eigenvalue weighted by Gasteiger charge is 2.13. The lowest BCUT2D eigenvalue weighted by atomic mass is 10.1. The van der Waals surface area contributed by atoms with Crippen molar-refractivity contribution in [1.82, 2.24) is 25.9 Å². The van der Waals surface area contributed by atoms with Crippen molar-refractivity contribution in [2.45, 2.75) is 26.8 Å². The first kappa shape index (κ1) is 14.0. The smallest absolute Gasteiger partial charge is 0.258 e. The van der Waals surface area contributed by atoms with E-state index in [0.29, 0.717) is 11.6 Å². The van der Waals surface area contributed by atoms with Crippen molar-refractivity contribution < 1.29 is 9.53 Å². The molecule has 0 saturated carbocycles. The van der Waals surface area contributed by atoms with Gasteiger partial charge in [-0.1, -0.05) is 22.9 Å². The minimum atomic E-state index is -0.316. The Morgan fingerprint density at radius 1 is 1.45 bits per heavy atom. The second kappa shape index (κ2) is 6.14. The highest BCUT2D eigenvalue weighted by molar-refractivity contribution is 5.77. The van der Waals surface area contributed by atoms with Gasteiger partial charge in [-0.2, -0.15) is 5.21 Å². The molecule has 1 unspecified atom stereocenters. The molecule has 1 amide bonds. The molecule has 1 heterocycles. The summed E-state index contributed by atoms with van der Waals surface area (Å²) >= 11 is 0. The Morgan fingerprint density at radius 2 is 2.25 bits per heavy atom. The number of hydrogen-bond donors (Lipinski definition) is 2. The van der Waals surface area contributed by atoms with Gasteiger partial charge in [-0.25, -0.2) is 0 Å². The van der Waals surface area contributed by atoms with Gasteiger partial charge in [0, 0.05) is 0 Å². The highest BCUT2D eigenvalue weighted by atomic mass is 16.5. The number of benzene rings is 1. The van der Waals surface area contributed by atoms with Crippen molar-refractivity contribution in [3.63, 3.8) is 0 Å². The third-order valence-corrected chi connectivity index (χ3v) is 2.82. The number of aromatic amines is 1. The highest BCUT2D eigenvalue weighted by Crippen LogP contribution is 2.18. The van der Waals surface area contributed by atoms with Gasteiger partial charge < -0.3 is 10.1 Å². The number of aromatic nitrogens is 4. The van der Waals surface area contributed by atoms with E-state index in [1.165, 1.54) is 0 Å². The quantitative estimate of drug-likeness (QED) is 0.851. The van der Waals surface area contributed by atoms with E-state index in [2.05, 4.69) is 25.9 Å². The number of rotatable bonds is 5. The standard InChI is InChI=1S/C13H17N5O2/c1-8-4-5-11(9(2)6-8)20-7-12(19)14-10(3)13-15-17-18-16-13/h4-6,10H,7H2,1-3H3,(H,14,19)(H,15,16,17,18). The number of H-pyrrole nitrogens is 1. The van der Waals surface area contributed by atoms with Gasteiger partial charge in [-0.15, -0.1) is 10.2 Å². The minimum Gasteiger partial charge on any atom is -0.484 e. The van der Waals surface area contributed by atoms with E-state index in [1.807, 2.05) is 32.0 Å². The van der Waals surface area contributed by atoms with Crippen LogP contribution < -0.4 is 10.1 Å². The SMILES string of the molecule is Cc1ccc(OCC(=O)NC(C)c2nn[nH]n2)c(C)c1. The number of ether oxygens (including phenoxy) is 1. The van der Waals surface area contributed by atoms with E-state index < -0.39 is 0 Å². The van der Waals surface area contributed by atoms with Crippen molar-refractivity contribution in [3.8, 4) is 5.75 Å². The number of amides is 1. The molecule has 106 valence electrons. The molecule has 7 heteroatoms. The van der Waals surface area contributed by atoms with E-state index in [4.69, 9.17) is 4.74 Å².